The molecule has 28 heavy (non-hydrogen) atoms. The third kappa shape index (κ3) is 3.62. The van der Waals surface area contributed by atoms with Crippen molar-refractivity contribution in [2.24, 2.45) is 0 Å². The molecule has 8 nitrogen and oxygen atoms in total. The van der Waals surface area contributed by atoms with Gasteiger partial charge in [0, 0.05) is 57.1 Å². The number of carbonyl (C=O) groups excluding carboxylic acids is 2. The summed E-state index contributed by atoms with van der Waals surface area (Å²) in [5.41, 5.74) is 2.06. The second kappa shape index (κ2) is 7.59. The molecule has 0 spiro atoms. The number of nitrogens with one attached hydrogen (secondary N) is 1. The molecule has 2 amide bonds. The minimum absolute atomic E-state index is 0.0359. The maximum Gasteiger partial charge on any atom is 0.257 e. The number of para-hydroxylation sites is 1. The predicted molar refractivity (Wildman–Crippen MR) is 105 cm³/mol. The zero-order valence-corrected chi connectivity index (χ0v) is 15.5. The van der Waals surface area contributed by atoms with Crippen LogP contribution < -0.4 is 5.32 Å². The molecule has 1 aliphatic rings. The van der Waals surface area contributed by atoms with Crippen molar-refractivity contribution < 1.29 is 9.59 Å². The molecule has 0 radical (unpaired) electrons. The van der Waals surface area contributed by atoms with E-state index in [4.69, 9.17) is 0 Å². The molecule has 3 aromatic rings. The van der Waals surface area contributed by atoms with Gasteiger partial charge in [0.25, 0.3) is 5.91 Å². The van der Waals surface area contributed by atoms with Gasteiger partial charge in [-0.3, -0.25) is 14.6 Å². The summed E-state index contributed by atoms with van der Waals surface area (Å²) in [6, 6.07) is 9.71. The maximum absolute atomic E-state index is 12.6. The molecule has 0 saturated carbocycles. The fourth-order valence-electron chi connectivity index (χ4n) is 3.24. The molecular weight excluding hydrogens is 356 g/mol. The second-order valence-electron chi connectivity index (χ2n) is 6.60. The number of amides is 2. The monoisotopic (exact) mass is 376 g/mol. The van der Waals surface area contributed by atoms with Crippen molar-refractivity contribution in [3.8, 4) is 0 Å². The molecule has 8 heteroatoms. The molecule has 3 heterocycles. The number of anilines is 2. The molecule has 0 unspecified atom stereocenters. The SMILES string of the molecule is CC(=O)N1CCN(C(=O)c2cnc(Nc3cccc4cccnc34)nc2)CC1. The summed E-state index contributed by atoms with van der Waals surface area (Å²) >= 11 is 0. The van der Waals surface area contributed by atoms with Gasteiger partial charge in [-0.05, 0) is 12.1 Å². The van der Waals surface area contributed by atoms with E-state index in [2.05, 4.69) is 20.3 Å². The molecule has 0 atom stereocenters. The fourth-order valence-corrected chi connectivity index (χ4v) is 3.24. The normalized spacial score (nSPS) is 14.2. The molecule has 1 aromatic carbocycles. The Bertz CT molecular complexity index is 1010. The summed E-state index contributed by atoms with van der Waals surface area (Å²) < 4.78 is 0. The number of carbonyl (C=O) groups is 2. The highest BCUT2D eigenvalue weighted by atomic mass is 16.2. The van der Waals surface area contributed by atoms with Crippen LogP contribution in [0.1, 0.15) is 17.3 Å². The summed E-state index contributed by atoms with van der Waals surface area (Å²) in [5, 5.41) is 4.17. The number of benzene rings is 1. The largest absolute Gasteiger partial charge is 0.339 e. The number of fused-ring (bicyclic) bond motifs is 1. The first kappa shape index (κ1) is 17.8. The summed E-state index contributed by atoms with van der Waals surface area (Å²) in [6.07, 6.45) is 4.78. The number of hydrogen-bond donors (Lipinski definition) is 1. The number of piperazine rings is 1. The third-order valence-electron chi connectivity index (χ3n) is 4.79. The van der Waals surface area contributed by atoms with E-state index < -0.39 is 0 Å². The van der Waals surface area contributed by atoms with Crippen LogP contribution in [0.4, 0.5) is 11.6 Å². The molecule has 1 N–H and O–H groups in total. The number of pyridine rings is 1. The van der Waals surface area contributed by atoms with Crippen LogP contribution in [-0.2, 0) is 4.79 Å². The molecule has 0 aliphatic carbocycles. The Morgan fingerprint density at radius 2 is 1.61 bits per heavy atom. The van der Waals surface area contributed by atoms with Crippen LogP contribution in [0.2, 0.25) is 0 Å². The minimum Gasteiger partial charge on any atom is -0.339 e. The molecule has 1 aliphatic heterocycles. The van der Waals surface area contributed by atoms with Gasteiger partial charge in [0.2, 0.25) is 11.9 Å². The van der Waals surface area contributed by atoms with Crippen LogP contribution >= 0.6 is 0 Å². The van der Waals surface area contributed by atoms with Gasteiger partial charge in [-0.15, -0.1) is 0 Å². The zero-order valence-electron chi connectivity index (χ0n) is 15.5. The van der Waals surface area contributed by atoms with Crippen LogP contribution in [0.15, 0.2) is 48.9 Å². The van der Waals surface area contributed by atoms with E-state index in [1.165, 1.54) is 12.4 Å². The Morgan fingerprint density at radius 1 is 0.929 bits per heavy atom. The average Bonchev–Trinajstić information content (AvgIpc) is 2.74. The Morgan fingerprint density at radius 3 is 2.32 bits per heavy atom. The smallest absolute Gasteiger partial charge is 0.257 e. The van der Waals surface area contributed by atoms with Gasteiger partial charge in [-0.1, -0.05) is 18.2 Å². The van der Waals surface area contributed by atoms with Crippen molar-refractivity contribution in [2.45, 2.75) is 6.92 Å². The highest BCUT2D eigenvalue weighted by Crippen LogP contribution is 2.23. The first-order valence-electron chi connectivity index (χ1n) is 9.09. The summed E-state index contributed by atoms with van der Waals surface area (Å²) in [7, 11) is 0. The lowest BCUT2D eigenvalue weighted by molar-refractivity contribution is -0.130. The van der Waals surface area contributed by atoms with E-state index in [-0.39, 0.29) is 11.8 Å². The van der Waals surface area contributed by atoms with E-state index >= 15 is 0 Å². The van der Waals surface area contributed by atoms with Crippen LogP contribution in [0.5, 0.6) is 0 Å². The first-order valence-corrected chi connectivity index (χ1v) is 9.09. The highest BCUT2D eigenvalue weighted by molar-refractivity contribution is 5.94. The molecule has 142 valence electrons. The fraction of sp³-hybridized carbons (Fsp3) is 0.250. The van der Waals surface area contributed by atoms with Crippen molar-refractivity contribution >= 4 is 34.4 Å². The van der Waals surface area contributed by atoms with E-state index in [1.807, 2.05) is 30.3 Å². The lowest BCUT2D eigenvalue weighted by Crippen LogP contribution is -2.50. The Kier molecular flexibility index (Phi) is 4.84. The summed E-state index contributed by atoms with van der Waals surface area (Å²) in [4.78, 5) is 40.5. The van der Waals surface area contributed by atoms with Crippen molar-refractivity contribution in [3.05, 3.63) is 54.5 Å². The van der Waals surface area contributed by atoms with Crippen LogP contribution in [0.3, 0.4) is 0 Å². The predicted octanol–water partition coefficient (Wildman–Crippen LogP) is 2.07. The standard InChI is InChI=1S/C20H20N6O2/c1-14(27)25-8-10-26(11-9-25)19(28)16-12-22-20(23-13-16)24-17-6-2-4-15-5-3-7-21-18(15)17/h2-7,12-13H,8-11H2,1H3,(H,22,23,24). The summed E-state index contributed by atoms with van der Waals surface area (Å²) in [5.74, 6) is 0.312. The van der Waals surface area contributed by atoms with Crippen LogP contribution in [-0.4, -0.2) is 62.7 Å². The van der Waals surface area contributed by atoms with E-state index in [0.29, 0.717) is 37.7 Å². The zero-order chi connectivity index (χ0) is 19.5. The lowest BCUT2D eigenvalue weighted by Gasteiger charge is -2.34. The van der Waals surface area contributed by atoms with E-state index in [9.17, 15) is 9.59 Å². The molecule has 0 bridgehead atoms. The van der Waals surface area contributed by atoms with E-state index in [0.717, 1.165) is 16.6 Å². The summed E-state index contributed by atoms with van der Waals surface area (Å²) in [6.45, 7) is 3.67. The number of rotatable bonds is 3. The van der Waals surface area contributed by atoms with E-state index in [1.54, 1.807) is 22.9 Å². The maximum atomic E-state index is 12.6. The van der Waals surface area contributed by atoms with Gasteiger partial charge in [0.15, 0.2) is 0 Å². The van der Waals surface area contributed by atoms with Crippen molar-refractivity contribution in [1.29, 1.82) is 0 Å². The number of hydrogen-bond acceptors (Lipinski definition) is 6. The van der Waals surface area contributed by atoms with Gasteiger partial charge in [-0.2, -0.15) is 0 Å². The first-order chi connectivity index (χ1) is 13.6. The van der Waals surface area contributed by atoms with Crippen LogP contribution in [0.25, 0.3) is 10.9 Å². The second-order valence-corrected chi connectivity index (χ2v) is 6.60. The minimum atomic E-state index is -0.124. The lowest BCUT2D eigenvalue weighted by atomic mass is 10.2. The quantitative estimate of drug-likeness (QED) is 0.752. The van der Waals surface area contributed by atoms with Gasteiger partial charge < -0.3 is 15.1 Å². The third-order valence-corrected chi connectivity index (χ3v) is 4.79. The van der Waals surface area contributed by atoms with Gasteiger partial charge in [-0.25, -0.2) is 9.97 Å². The molecule has 1 fully saturated rings. The van der Waals surface area contributed by atoms with Crippen molar-refractivity contribution in [1.82, 2.24) is 24.8 Å². The molecule has 4 rings (SSSR count). The average molecular weight is 376 g/mol. The molecule has 1 saturated heterocycles. The molecule has 2 aromatic heterocycles. The number of nitrogens with zero attached hydrogens (tertiary/aromatic N) is 5. The van der Waals surface area contributed by atoms with Gasteiger partial charge >= 0.3 is 0 Å². The number of aromatic nitrogens is 3. The topological polar surface area (TPSA) is 91.3 Å². The Labute approximate surface area is 162 Å². The van der Waals surface area contributed by atoms with Crippen molar-refractivity contribution in [2.75, 3.05) is 31.5 Å². The van der Waals surface area contributed by atoms with Gasteiger partial charge in [0.05, 0.1) is 16.8 Å². The Hall–Kier alpha value is -3.55. The van der Waals surface area contributed by atoms with Gasteiger partial charge in [0.1, 0.15) is 0 Å². The Balaban J connectivity index is 1.45. The van der Waals surface area contributed by atoms with Crippen molar-refractivity contribution in [3.63, 3.8) is 0 Å². The van der Waals surface area contributed by atoms with Crippen LogP contribution in [0, 0.1) is 0 Å². The highest BCUT2D eigenvalue weighted by Gasteiger charge is 2.23. The molecular formula is C20H20N6O2.